The zero-order valence-electron chi connectivity index (χ0n) is 18.0. The molecule has 7 nitrogen and oxygen atoms in total. The standard InChI is InChI=1S/C22H31N5O2.HI/c1-4-23-22(25-17-18(2)29-20-10-6-5-9-19(20)28-3)27-15-13-26(14-16-27)21-11-7-8-12-24-21;/h5-12,18H,4,13-17H2,1-3H3,(H,23,25);1H. The number of ether oxygens (including phenoxy) is 2. The van der Waals surface area contributed by atoms with E-state index >= 15 is 0 Å². The maximum atomic E-state index is 6.03. The Bertz CT molecular complexity index is 782. The van der Waals surface area contributed by atoms with Gasteiger partial charge in [0.25, 0.3) is 0 Å². The minimum atomic E-state index is -0.0604. The van der Waals surface area contributed by atoms with E-state index in [9.17, 15) is 0 Å². The van der Waals surface area contributed by atoms with Crippen molar-refractivity contribution in [2.75, 3.05) is 51.3 Å². The minimum Gasteiger partial charge on any atom is -0.493 e. The highest BCUT2D eigenvalue weighted by atomic mass is 127. The quantitative estimate of drug-likeness (QED) is 0.340. The number of hydrogen-bond donors (Lipinski definition) is 1. The lowest BCUT2D eigenvalue weighted by atomic mass is 10.3. The molecule has 1 unspecified atom stereocenters. The number of methoxy groups -OCH3 is 1. The summed E-state index contributed by atoms with van der Waals surface area (Å²) in [5.41, 5.74) is 0. The number of guanidine groups is 1. The number of para-hydroxylation sites is 2. The molecular formula is C22H32IN5O2. The van der Waals surface area contributed by atoms with Crippen LogP contribution in [-0.4, -0.2) is 68.3 Å². The van der Waals surface area contributed by atoms with Crippen LogP contribution < -0.4 is 19.7 Å². The van der Waals surface area contributed by atoms with E-state index in [-0.39, 0.29) is 30.1 Å². The molecule has 30 heavy (non-hydrogen) atoms. The fourth-order valence-corrected chi connectivity index (χ4v) is 3.30. The molecule has 1 N–H and O–H groups in total. The zero-order valence-corrected chi connectivity index (χ0v) is 20.3. The highest BCUT2D eigenvalue weighted by Gasteiger charge is 2.20. The van der Waals surface area contributed by atoms with Crippen LogP contribution in [0, 0.1) is 0 Å². The Morgan fingerprint density at radius 1 is 1.10 bits per heavy atom. The van der Waals surface area contributed by atoms with E-state index in [1.807, 2.05) is 49.5 Å². The molecule has 0 saturated carbocycles. The number of rotatable bonds is 7. The molecule has 164 valence electrons. The molecule has 0 aliphatic carbocycles. The largest absolute Gasteiger partial charge is 0.493 e. The van der Waals surface area contributed by atoms with Crippen molar-refractivity contribution in [1.29, 1.82) is 0 Å². The molecule has 1 saturated heterocycles. The molecular weight excluding hydrogens is 493 g/mol. The summed E-state index contributed by atoms with van der Waals surface area (Å²) in [7, 11) is 1.65. The van der Waals surface area contributed by atoms with Crippen LogP contribution in [0.4, 0.5) is 5.82 Å². The van der Waals surface area contributed by atoms with Crippen LogP contribution in [0.25, 0.3) is 0 Å². The van der Waals surface area contributed by atoms with E-state index < -0.39 is 0 Å². The zero-order chi connectivity index (χ0) is 20.5. The smallest absolute Gasteiger partial charge is 0.194 e. The first-order valence-corrected chi connectivity index (χ1v) is 10.2. The average Bonchev–Trinajstić information content (AvgIpc) is 2.78. The maximum Gasteiger partial charge on any atom is 0.194 e. The predicted molar refractivity (Wildman–Crippen MR) is 133 cm³/mol. The molecule has 3 rings (SSSR count). The topological polar surface area (TPSA) is 62.2 Å². The van der Waals surface area contributed by atoms with Crippen LogP contribution in [0.2, 0.25) is 0 Å². The summed E-state index contributed by atoms with van der Waals surface area (Å²) in [6.07, 6.45) is 1.78. The third-order valence-corrected chi connectivity index (χ3v) is 4.78. The van der Waals surface area contributed by atoms with Crippen LogP contribution in [0.5, 0.6) is 11.5 Å². The van der Waals surface area contributed by atoms with Gasteiger partial charge >= 0.3 is 0 Å². The number of nitrogens with one attached hydrogen (secondary N) is 1. The summed E-state index contributed by atoms with van der Waals surface area (Å²) in [4.78, 5) is 13.9. The molecule has 0 spiro atoms. The second-order valence-electron chi connectivity index (χ2n) is 6.94. The molecule has 1 aliphatic heterocycles. The van der Waals surface area contributed by atoms with Crippen LogP contribution in [0.1, 0.15) is 13.8 Å². The molecule has 1 aromatic carbocycles. The van der Waals surface area contributed by atoms with Crippen LogP contribution in [-0.2, 0) is 0 Å². The minimum absolute atomic E-state index is 0. The van der Waals surface area contributed by atoms with Crippen molar-refractivity contribution in [2.24, 2.45) is 4.99 Å². The van der Waals surface area contributed by atoms with E-state index in [2.05, 4.69) is 33.1 Å². The average molecular weight is 525 g/mol. The summed E-state index contributed by atoms with van der Waals surface area (Å²) >= 11 is 0. The maximum absolute atomic E-state index is 6.03. The van der Waals surface area contributed by atoms with Crippen molar-refractivity contribution < 1.29 is 9.47 Å². The molecule has 1 fully saturated rings. The Morgan fingerprint density at radius 2 is 1.80 bits per heavy atom. The van der Waals surface area contributed by atoms with Crippen LogP contribution >= 0.6 is 24.0 Å². The number of aliphatic imine (C=N–C) groups is 1. The Labute approximate surface area is 196 Å². The summed E-state index contributed by atoms with van der Waals surface area (Å²) in [5.74, 6) is 3.45. The van der Waals surface area contributed by atoms with Crippen LogP contribution in [0.3, 0.4) is 0 Å². The molecule has 0 bridgehead atoms. The second-order valence-corrected chi connectivity index (χ2v) is 6.94. The lowest BCUT2D eigenvalue weighted by Crippen LogP contribution is -2.53. The van der Waals surface area contributed by atoms with E-state index in [1.165, 1.54) is 0 Å². The van der Waals surface area contributed by atoms with Crippen LogP contribution in [0.15, 0.2) is 53.7 Å². The molecule has 2 aromatic rings. The Hall–Kier alpha value is -2.23. The number of pyridine rings is 1. The molecule has 8 heteroatoms. The lowest BCUT2D eigenvalue weighted by molar-refractivity contribution is 0.218. The van der Waals surface area contributed by atoms with Gasteiger partial charge in [0.15, 0.2) is 17.5 Å². The van der Waals surface area contributed by atoms with Gasteiger partial charge in [0, 0.05) is 38.9 Å². The van der Waals surface area contributed by atoms with Gasteiger partial charge in [-0.3, -0.25) is 0 Å². The summed E-state index contributed by atoms with van der Waals surface area (Å²) < 4.78 is 11.4. The molecule has 0 amide bonds. The van der Waals surface area contributed by atoms with Crippen molar-refractivity contribution in [2.45, 2.75) is 20.0 Å². The summed E-state index contributed by atoms with van der Waals surface area (Å²) in [6, 6.07) is 13.7. The highest BCUT2D eigenvalue weighted by Crippen LogP contribution is 2.26. The summed E-state index contributed by atoms with van der Waals surface area (Å²) in [5, 5.41) is 3.41. The molecule has 1 aliphatic rings. The number of nitrogens with zero attached hydrogens (tertiary/aromatic N) is 4. The predicted octanol–water partition coefficient (Wildman–Crippen LogP) is 3.26. The third-order valence-electron chi connectivity index (χ3n) is 4.78. The number of aromatic nitrogens is 1. The van der Waals surface area contributed by atoms with Gasteiger partial charge in [0.05, 0.1) is 13.7 Å². The molecule has 1 aromatic heterocycles. The van der Waals surface area contributed by atoms with Gasteiger partial charge in [-0.1, -0.05) is 18.2 Å². The van der Waals surface area contributed by atoms with Gasteiger partial charge in [-0.2, -0.15) is 0 Å². The van der Waals surface area contributed by atoms with E-state index in [4.69, 9.17) is 14.5 Å². The summed E-state index contributed by atoms with van der Waals surface area (Å²) in [6.45, 7) is 9.19. The van der Waals surface area contributed by atoms with Gasteiger partial charge in [-0.05, 0) is 38.1 Å². The number of hydrogen-bond acceptors (Lipinski definition) is 5. The van der Waals surface area contributed by atoms with Crippen molar-refractivity contribution in [1.82, 2.24) is 15.2 Å². The molecule has 2 heterocycles. The SMILES string of the molecule is CCNC(=NCC(C)Oc1ccccc1OC)N1CCN(c2ccccn2)CC1.I. The van der Waals surface area contributed by atoms with E-state index in [1.54, 1.807) is 7.11 Å². The Balaban J connectivity index is 0.00000320. The number of anilines is 1. The van der Waals surface area contributed by atoms with Crippen molar-refractivity contribution in [3.8, 4) is 11.5 Å². The first-order chi connectivity index (χ1) is 14.2. The monoisotopic (exact) mass is 525 g/mol. The van der Waals surface area contributed by atoms with E-state index in [0.717, 1.165) is 56.0 Å². The number of halogens is 1. The highest BCUT2D eigenvalue weighted by molar-refractivity contribution is 14.0. The van der Waals surface area contributed by atoms with Gasteiger partial charge in [0.1, 0.15) is 11.9 Å². The normalized spacial score (nSPS) is 15.2. The fourth-order valence-electron chi connectivity index (χ4n) is 3.30. The van der Waals surface area contributed by atoms with Gasteiger partial charge in [-0.25, -0.2) is 9.98 Å². The first kappa shape index (κ1) is 24.0. The Kier molecular flexibility index (Phi) is 9.99. The third kappa shape index (κ3) is 6.65. The molecule has 0 radical (unpaired) electrons. The second kappa shape index (κ2) is 12.5. The lowest BCUT2D eigenvalue weighted by Gasteiger charge is -2.37. The van der Waals surface area contributed by atoms with Crippen molar-refractivity contribution in [3.63, 3.8) is 0 Å². The van der Waals surface area contributed by atoms with Crippen molar-refractivity contribution in [3.05, 3.63) is 48.7 Å². The van der Waals surface area contributed by atoms with Crippen molar-refractivity contribution >= 4 is 35.8 Å². The molecule has 1 atom stereocenters. The first-order valence-electron chi connectivity index (χ1n) is 10.2. The number of piperazine rings is 1. The van der Waals surface area contributed by atoms with Gasteiger partial charge in [-0.15, -0.1) is 24.0 Å². The van der Waals surface area contributed by atoms with Gasteiger partial charge in [0.2, 0.25) is 0 Å². The Morgan fingerprint density at radius 3 is 2.43 bits per heavy atom. The van der Waals surface area contributed by atoms with E-state index in [0.29, 0.717) is 6.54 Å². The fraction of sp³-hybridized carbons (Fsp3) is 0.455. The number of benzene rings is 1. The van der Waals surface area contributed by atoms with Gasteiger partial charge < -0.3 is 24.6 Å².